The van der Waals surface area contributed by atoms with Crippen LogP contribution in [-0.4, -0.2) is 20.0 Å². The van der Waals surface area contributed by atoms with Crippen molar-refractivity contribution in [2.24, 2.45) is 0 Å². The predicted octanol–water partition coefficient (Wildman–Crippen LogP) is 3.89. The largest absolute Gasteiger partial charge is 0.543 e. The second-order valence-corrected chi connectivity index (χ2v) is 11.4. The first kappa shape index (κ1) is 14.4. The van der Waals surface area contributed by atoms with E-state index in [0.717, 1.165) is 17.1 Å². The molecular formula is C15H24O3Si. The standard InChI is InChI=1S/C15H24O3Si/c1-15(2,3)19(4,5)18-11-6-7-12-13(16)8-9-17-14(12)10-11/h6-7,10,13,16H,8-9H2,1-5H3/t13-/m1/s1. The Bertz CT molecular complexity index is 463. The van der Waals surface area contributed by atoms with E-state index in [1.807, 2.05) is 18.2 Å². The fourth-order valence-corrected chi connectivity index (χ4v) is 2.88. The van der Waals surface area contributed by atoms with E-state index in [4.69, 9.17) is 9.16 Å². The predicted molar refractivity (Wildman–Crippen MR) is 79.3 cm³/mol. The maximum absolute atomic E-state index is 9.90. The third-order valence-corrected chi connectivity index (χ3v) is 8.53. The molecule has 1 aromatic carbocycles. The van der Waals surface area contributed by atoms with Crippen LogP contribution in [-0.2, 0) is 0 Å². The van der Waals surface area contributed by atoms with E-state index in [9.17, 15) is 5.11 Å². The average Bonchev–Trinajstić information content (AvgIpc) is 2.27. The molecule has 1 aliphatic rings. The molecule has 0 saturated heterocycles. The van der Waals surface area contributed by atoms with Crippen molar-refractivity contribution in [2.45, 2.75) is 51.4 Å². The van der Waals surface area contributed by atoms with Crippen LogP contribution in [0.15, 0.2) is 18.2 Å². The minimum Gasteiger partial charge on any atom is -0.543 e. The molecular weight excluding hydrogens is 256 g/mol. The van der Waals surface area contributed by atoms with Gasteiger partial charge in [0.25, 0.3) is 0 Å². The smallest absolute Gasteiger partial charge is 0.250 e. The molecule has 0 spiro atoms. The molecule has 106 valence electrons. The van der Waals surface area contributed by atoms with E-state index in [1.54, 1.807) is 0 Å². The maximum atomic E-state index is 9.90. The van der Waals surface area contributed by atoms with Gasteiger partial charge in [-0.1, -0.05) is 20.8 Å². The third-order valence-electron chi connectivity index (χ3n) is 4.17. The van der Waals surface area contributed by atoms with Crippen molar-refractivity contribution in [1.82, 2.24) is 0 Å². The quantitative estimate of drug-likeness (QED) is 0.835. The van der Waals surface area contributed by atoms with E-state index < -0.39 is 14.4 Å². The molecule has 0 radical (unpaired) electrons. The molecule has 2 rings (SSSR count). The van der Waals surface area contributed by atoms with Crippen molar-refractivity contribution < 1.29 is 14.3 Å². The molecule has 0 fully saturated rings. The molecule has 0 bridgehead atoms. The highest BCUT2D eigenvalue weighted by Gasteiger charge is 2.39. The second-order valence-electron chi connectivity index (χ2n) is 6.71. The number of ether oxygens (including phenoxy) is 1. The molecule has 0 aliphatic carbocycles. The summed E-state index contributed by atoms with van der Waals surface area (Å²) in [5.74, 6) is 1.61. The topological polar surface area (TPSA) is 38.7 Å². The van der Waals surface area contributed by atoms with Gasteiger partial charge in [0.05, 0.1) is 12.7 Å². The van der Waals surface area contributed by atoms with Gasteiger partial charge in [0, 0.05) is 18.1 Å². The third kappa shape index (κ3) is 2.95. The van der Waals surface area contributed by atoms with Crippen LogP contribution in [0.2, 0.25) is 18.1 Å². The monoisotopic (exact) mass is 280 g/mol. The zero-order chi connectivity index (χ0) is 14.3. The molecule has 3 nitrogen and oxygen atoms in total. The lowest BCUT2D eigenvalue weighted by molar-refractivity contribution is 0.115. The van der Waals surface area contributed by atoms with Gasteiger partial charge in [0.1, 0.15) is 11.5 Å². The van der Waals surface area contributed by atoms with Crippen LogP contribution in [0.5, 0.6) is 11.5 Å². The number of hydrogen-bond acceptors (Lipinski definition) is 3. The van der Waals surface area contributed by atoms with Gasteiger partial charge in [-0.2, -0.15) is 0 Å². The fourth-order valence-electron chi connectivity index (χ4n) is 1.86. The van der Waals surface area contributed by atoms with Crippen LogP contribution >= 0.6 is 0 Å². The summed E-state index contributed by atoms with van der Waals surface area (Å²) >= 11 is 0. The number of hydrogen-bond donors (Lipinski definition) is 1. The van der Waals surface area contributed by atoms with Crippen LogP contribution in [0.25, 0.3) is 0 Å². The van der Waals surface area contributed by atoms with Gasteiger partial charge in [0.2, 0.25) is 8.32 Å². The molecule has 0 unspecified atom stereocenters. The summed E-state index contributed by atoms with van der Waals surface area (Å²) in [4.78, 5) is 0. The minimum absolute atomic E-state index is 0.170. The van der Waals surface area contributed by atoms with Gasteiger partial charge in [-0.3, -0.25) is 0 Å². The Labute approximate surface area is 116 Å². The Morgan fingerprint density at radius 1 is 1.32 bits per heavy atom. The van der Waals surface area contributed by atoms with E-state index in [-0.39, 0.29) is 5.04 Å². The van der Waals surface area contributed by atoms with Gasteiger partial charge in [0.15, 0.2) is 0 Å². The molecule has 4 heteroatoms. The van der Waals surface area contributed by atoms with Crippen molar-refractivity contribution in [3.63, 3.8) is 0 Å². The van der Waals surface area contributed by atoms with E-state index in [1.165, 1.54) is 0 Å². The van der Waals surface area contributed by atoms with Crippen molar-refractivity contribution in [1.29, 1.82) is 0 Å². The van der Waals surface area contributed by atoms with Crippen molar-refractivity contribution in [3.05, 3.63) is 23.8 Å². The summed E-state index contributed by atoms with van der Waals surface area (Å²) in [6, 6.07) is 5.77. The van der Waals surface area contributed by atoms with Crippen molar-refractivity contribution in [3.8, 4) is 11.5 Å². The van der Waals surface area contributed by atoms with E-state index in [2.05, 4.69) is 33.9 Å². The number of aliphatic hydroxyl groups is 1. The Balaban J connectivity index is 2.24. The average molecular weight is 280 g/mol. The van der Waals surface area contributed by atoms with Crippen LogP contribution in [0.1, 0.15) is 38.9 Å². The number of fused-ring (bicyclic) bond motifs is 1. The molecule has 1 aliphatic heterocycles. The molecule has 1 heterocycles. The summed E-state index contributed by atoms with van der Waals surface area (Å²) in [6.45, 7) is 11.7. The highest BCUT2D eigenvalue weighted by atomic mass is 28.4. The summed E-state index contributed by atoms with van der Waals surface area (Å²) in [5.41, 5.74) is 0.869. The van der Waals surface area contributed by atoms with Crippen LogP contribution in [0.4, 0.5) is 0 Å². The Morgan fingerprint density at radius 3 is 2.63 bits per heavy atom. The van der Waals surface area contributed by atoms with Gasteiger partial charge in [-0.15, -0.1) is 0 Å². The first-order valence-corrected chi connectivity index (χ1v) is 9.75. The lowest BCUT2D eigenvalue weighted by atomic mass is 10.0. The normalized spacial score (nSPS) is 19.6. The lowest BCUT2D eigenvalue weighted by Crippen LogP contribution is -2.43. The van der Waals surface area contributed by atoms with Crippen LogP contribution in [0, 0.1) is 0 Å². The van der Waals surface area contributed by atoms with Crippen molar-refractivity contribution in [2.75, 3.05) is 6.61 Å². The fraction of sp³-hybridized carbons (Fsp3) is 0.600. The molecule has 1 aromatic rings. The van der Waals surface area contributed by atoms with Gasteiger partial charge >= 0.3 is 0 Å². The molecule has 0 saturated carbocycles. The molecule has 1 N–H and O–H groups in total. The molecule has 1 atom stereocenters. The number of aliphatic hydroxyl groups excluding tert-OH is 1. The van der Waals surface area contributed by atoms with Crippen LogP contribution in [0.3, 0.4) is 0 Å². The van der Waals surface area contributed by atoms with Gasteiger partial charge < -0.3 is 14.3 Å². The summed E-state index contributed by atoms with van der Waals surface area (Å²) in [6.07, 6.45) is 0.251. The lowest BCUT2D eigenvalue weighted by Gasteiger charge is -2.36. The van der Waals surface area contributed by atoms with E-state index >= 15 is 0 Å². The summed E-state index contributed by atoms with van der Waals surface area (Å²) < 4.78 is 11.9. The summed E-state index contributed by atoms with van der Waals surface area (Å²) in [5, 5.41) is 10.1. The number of rotatable bonds is 2. The second kappa shape index (κ2) is 4.83. The van der Waals surface area contributed by atoms with Gasteiger partial charge in [-0.05, 0) is 30.3 Å². The Morgan fingerprint density at radius 2 is 2.00 bits per heavy atom. The highest BCUT2D eigenvalue weighted by molar-refractivity contribution is 6.74. The van der Waals surface area contributed by atoms with Crippen molar-refractivity contribution >= 4 is 8.32 Å². The molecule has 0 amide bonds. The SMILES string of the molecule is CC(C)(C)[Si](C)(C)Oc1ccc2c(c1)OCC[C@H]2O. The Hall–Kier alpha value is -1.00. The zero-order valence-electron chi connectivity index (χ0n) is 12.5. The van der Waals surface area contributed by atoms with Crippen LogP contribution < -0.4 is 9.16 Å². The van der Waals surface area contributed by atoms with E-state index in [0.29, 0.717) is 13.0 Å². The first-order valence-electron chi connectivity index (χ1n) is 6.84. The first-order chi connectivity index (χ1) is 8.71. The molecule has 0 aromatic heterocycles. The Kier molecular flexibility index (Phi) is 3.67. The van der Waals surface area contributed by atoms with Gasteiger partial charge in [-0.25, -0.2) is 0 Å². The maximum Gasteiger partial charge on any atom is 0.250 e. The highest BCUT2D eigenvalue weighted by Crippen LogP contribution is 2.40. The zero-order valence-corrected chi connectivity index (χ0v) is 13.5. The minimum atomic E-state index is -1.83. The molecule has 19 heavy (non-hydrogen) atoms. The summed E-state index contributed by atoms with van der Waals surface area (Å²) in [7, 11) is -1.83. The number of benzene rings is 1.